The predicted octanol–water partition coefficient (Wildman–Crippen LogP) is 3.64. The molecule has 0 aliphatic rings. The van der Waals surface area contributed by atoms with E-state index in [0.717, 1.165) is 16.6 Å². The van der Waals surface area contributed by atoms with Crippen molar-refractivity contribution in [2.45, 2.75) is 0 Å². The molecule has 0 saturated carbocycles. The quantitative estimate of drug-likeness (QED) is 0.360. The zero-order chi connectivity index (χ0) is 12.1. The van der Waals surface area contributed by atoms with E-state index >= 15 is 0 Å². The molecule has 0 aliphatic carbocycles. The number of halogens is 1. The molecule has 0 aliphatic heterocycles. The molecular formula is C14H8IN3. The van der Waals surface area contributed by atoms with Crippen molar-refractivity contribution in [2.75, 3.05) is 0 Å². The number of fused-ring (bicyclic) bond motifs is 6. The van der Waals surface area contributed by atoms with E-state index in [1.165, 1.54) is 14.3 Å². The van der Waals surface area contributed by atoms with Crippen LogP contribution in [0, 0.1) is 3.57 Å². The number of aromatic nitrogens is 3. The second-order valence-corrected chi connectivity index (χ2v) is 5.48. The fraction of sp³-hybridized carbons (Fsp3) is 0. The first-order valence-electron chi connectivity index (χ1n) is 5.64. The number of nitrogens with zero attached hydrogens (tertiary/aromatic N) is 3. The number of hydrogen-bond acceptors (Lipinski definition) is 2. The highest BCUT2D eigenvalue weighted by Crippen LogP contribution is 2.29. The van der Waals surface area contributed by atoms with Gasteiger partial charge < -0.3 is 0 Å². The Balaban J connectivity index is 2.44. The highest BCUT2D eigenvalue weighted by Gasteiger charge is 2.09. The molecule has 0 amide bonds. The van der Waals surface area contributed by atoms with Crippen molar-refractivity contribution in [1.29, 1.82) is 0 Å². The average molecular weight is 345 g/mol. The third-order valence-electron chi connectivity index (χ3n) is 3.22. The van der Waals surface area contributed by atoms with Gasteiger partial charge in [-0.3, -0.25) is 4.40 Å². The van der Waals surface area contributed by atoms with Crippen molar-refractivity contribution >= 4 is 49.9 Å². The van der Waals surface area contributed by atoms with Gasteiger partial charge in [0.2, 0.25) is 0 Å². The first-order chi connectivity index (χ1) is 8.84. The van der Waals surface area contributed by atoms with Crippen LogP contribution in [-0.4, -0.2) is 14.6 Å². The molecule has 0 radical (unpaired) electrons. The van der Waals surface area contributed by atoms with Crippen LogP contribution in [0.3, 0.4) is 0 Å². The van der Waals surface area contributed by atoms with Crippen molar-refractivity contribution in [3.05, 3.63) is 52.4 Å². The topological polar surface area (TPSA) is 30.2 Å². The average Bonchev–Trinajstić information content (AvgIpc) is 2.88. The van der Waals surface area contributed by atoms with Gasteiger partial charge in [0.05, 0.1) is 5.52 Å². The molecule has 0 atom stereocenters. The van der Waals surface area contributed by atoms with Crippen molar-refractivity contribution in [1.82, 2.24) is 14.6 Å². The zero-order valence-corrected chi connectivity index (χ0v) is 11.5. The van der Waals surface area contributed by atoms with Gasteiger partial charge in [-0.1, -0.05) is 24.3 Å². The van der Waals surface area contributed by atoms with Crippen LogP contribution in [0.1, 0.15) is 0 Å². The molecule has 0 N–H and O–H groups in total. The van der Waals surface area contributed by atoms with Crippen molar-refractivity contribution in [3.63, 3.8) is 0 Å². The first-order valence-corrected chi connectivity index (χ1v) is 6.72. The Bertz CT molecular complexity index is 895. The highest BCUT2D eigenvalue weighted by molar-refractivity contribution is 14.1. The molecule has 2 aromatic heterocycles. The number of rotatable bonds is 0. The lowest BCUT2D eigenvalue weighted by atomic mass is 10.1. The highest BCUT2D eigenvalue weighted by atomic mass is 127. The molecule has 0 saturated heterocycles. The molecule has 4 rings (SSSR count). The van der Waals surface area contributed by atoms with E-state index in [1.54, 1.807) is 6.33 Å². The fourth-order valence-corrected chi connectivity index (χ4v) is 2.93. The number of pyridine rings is 1. The first kappa shape index (κ1) is 10.3. The van der Waals surface area contributed by atoms with Crippen LogP contribution >= 0.6 is 22.6 Å². The largest absolute Gasteiger partial charge is 0.281 e. The van der Waals surface area contributed by atoms with Crippen LogP contribution in [0.25, 0.3) is 27.3 Å². The smallest absolute Gasteiger partial charge is 0.168 e. The molecule has 0 spiro atoms. The fourth-order valence-electron chi connectivity index (χ4n) is 2.44. The molecule has 2 heterocycles. The lowest BCUT2D eigenvalue weighted by Gasteiger charge is -2.07. The summed E-state index contributed by atoms with van der Waals surface area (Å²) in [7, 11) is 0. The Morgan fingerprint density at radius 1 is 0.944 bits per heavy atom. The minimum Gasteiger partial charge on any atom is -0.281 e. The summed E-state index contributed by atoms with van der Waals surface area (Å²) in [5.74, 6) is 0. The van der Waals surface area contributed by atoms with E-state index in [0.29, 0.717) is 0 Å². The van der Waals surface area contributed by atoms with Crippen molar-refractivity contribution in [3.8, 4) is 0 Å². The minimum atomic E-state index is 0.916. The van der Waals surface area contributed by atoms with Gasteiger partial charge in [-0.15, -0.1) is 10.2 Å². The predicted molar refractivity (Wildman–Crippen MR) is 80.7 cm³/mol. The summed E-state index contributed by atoms with van der Waals surface area (Å²) >= 11 is 2.34. The van der Waals surface area contributed by atoms with Gasteiger partial charge in [0, 0.05) is 14.3 Å². The maximum Gasteiger partial charge on any atom is 0.168 e. The van der Waals surface area contributed by atoms with Gasteiger partial charge in [0.25, 0.3) is 0 Å². The van der Waals surface area contributed by atoms with Gasteiger partial charge in [-0.25, -0.2) is 0 Å². The van der Waals surface area contributed by atoms with Crippen LogP contribution in [-0.2, 0) is 0 Å². The molecule has 0 fully saturated rings. The Morgan fingerprint density at radius 2 is 1.78 bits per heavy atom. The normalized spacial score (nSPS) is 11.6. The maximum absolute atomic E-state index is 4.23. The van der Waals surface area contributed by atoms with Gasteiger partial charge in [0.1, 0.15) is 6.33 Å². The summed E-state index contributed by atoms with van der Waals surface area (Å²) in [5.41, 5.74) is 2.06. The Morgan fingerprint density at radius 3 is 2.67 bits per heavy atom. The SMILES string of the molecule is Ic1ccc2c(c1)c1ccccc1c1nncn21. The monoisotopic (exact) mass is 345 g/mol. The lowest BCUT2D eigenvalue weighted by molar-refractivity contribution is 1.11. The molecule has 3 nitrogen and oxygen atoms in total. The van der Waals surface area contributed by atoms with Crippen LogP contribution in [0.15, 0.2) is 48.8 Å². The Hall–Kier alpha value is -1.69. The summed E-state index contributed by atoms with van der Waals surface area (Å²) in [6.45, 7) is 0. The zero-order valence-electron chi connectivity index (χ0n) is 9.34. The second-order valence-electron chi connectivity index (χ2n) is 4.23. The second kappa shape index (κ2) is 3.65. The molecule has 4 heteroatoms. The van der Waals surface area contributed by atoms with Crippen LogP contribution in [0.5, 0.6) is 0 Å². The van der Waals surface area contributed by atoms with Gasteiger partial charge in [-0.2, -0.15) is 0 Å². The molecule has 2 aromatic carbocycles. The maximum atomic E-state index is 4.23. The molecule has 4 aromatic rings. The third-order valence-corrected chi connectivity index (χ3v) is 3.90. The standard InChI is InChI=1S/C14H8IN3/c15-9-5-6-13-12(7-9)10-3-1-2-4-11(10)14-17-16-8-18(13)14/h1-8H. The molecule has 18 heavy (non-hydrogen) atoms. The molecule has 0 bridgehead atoms. The Labute approximate surface area is 117 Å². The molecular weight excluding hydrogens is 337 g/mol. The summed E-state index contributed by atoms with van der Waals surface area (Å²) in [4.78, 5) is 0. The number of benzene rings is 2. The van der Waals surface area contributed by atoms with E-state index < -0.39 is 0 Å². The third kappa shape index (κ3) is 1.29. The summed E-state index contributed by atoms with van der Waals surface area (Å²) in [6, 6.07) is 14.8. The van der Waals surface area contributed by atoms with E-state index in [1.807, 2.05) is 10.5 Å². The van der Waals surface area contributed by atoms with E-state index in [4.69, 9.17) is 0 Å². The van der Waals surface area contributed by atoms with Gasteiger partial charge >= 0.3 is 0 Å². The van der Waals surface area contributed by atoms with Crippen LogP contribution in [0.4, 0.5) is 0 Å². The van der Waals surface area contributed by atoms with Crippen molar-refractivity contribution in [2.24, 2.45) is 0 Å². The number of hydrogen-bond donors (Lipinski definition) is 0. The molecule has 86 valence electrons. The lowest BCUT2D eigenvalue weighted by Crippen LogP contribution is -1.90. The van der Waals surface area contributed by atoms with E-state index in [2.05, 4.69) is 69.2 Å². The van der Waals surface area contributed by atoms with Gasteiger partial charge in [0.15, 0.2) is 5.65 Å². The van der Waals surface area contributed by atoms with E-state index in [-0.39, 0.29) is 0 Å². The van der Waals surface area contributed by atoms with Gasteiger partial charge in [-0.05, 0) is 46.2 Å². The summed E-state index contributed by atoms with van der Waals surface area (Å²) in [6.07, 6.45) is 1.77. The van der Waals surface area contributed by atoms with Crippen LogP contribution < -0.4 is 0 Å². The summed E-state index contributed by atoms with van der Waals surface area (Å²) < 4.78 is 3.28. The minimum absolute atomic E-state index is 0.916. The van der Waals surface area contributed by atoms with Crippen LogP contribution in [0.2, 0.25) is 0 Å². The summed E-state index contributed by atoms with van der Waals surface area (Å²) in [5, 5.41) is 11.9. The van der Waals surface area contributed by atoms with E-state index in [9.17, 15) is 0 Å². The Kier molecular flexibility index (Phi) is 2.08. The van der Waals surface area contributed by atoms with Crippen molar-refractivity contribution < 1.29 is 0 Å². The molecule has 0 unspecified atom stereocenters.